The Morgan fingerprint density at radius 1 is 1.06 bits per heavy atom. The van der Waals surface area contributed by atoms with Gasteiger partial charge in [0.1, 0.15) is 18.2 Å². The predicted octanol–water partition coefficient (Wildman–Crippen LogP) is 3.97. The number of halogens is 2. The molecule has 6 nitrogen and oxygen atoms in total. The Morgan fingerprint density at radius 2 is 1.77 bits per heavy atom. The number of carbonyl (C=O) groups is 2. The van der Waals surface area contributed by atoms with E-state index in [4.69, 9.17) is 21.2 Å². The highest BCUT2D eigenvalue weighted by molar-refractivity contribution is 6.30. The van der Waals surface area contributed by atoms with Crippen LogP contribution < -0.4 is 4.74 Å². The Bertz CT molecular complexity index is 945. The number of likely N-dealkylation sites (tertiary alicyclic amines) is 1. The van der Waals surface area contributed by atoms with Crippen molar-refractivity contribution in [3.63, 3.8) is 0 Å². The molecule has 2 saturated heterocycles. The predicted molar refractivity (Wildman–Crippen MR) is 113 cm³/mol. The number of amides is 2. The second-order valence-corrected chi connectivity index (χ2v) is 8.34. The molecule has 2 aromatic carbocycles. The number of piperidine rings is 1. The number of rotatable bonds is 6. The van der Waals surface area contributed by atoms with E-state index in [0.29, 0.717) is 55.1 Å². The van der Waals surface area contributed by atoms with Crippen molar-refractivity contribution >= 4 is 23.4 Å². The van der Waals surface area contributed by atoms with Crippen LogP contribution in [0.5, 0.6) is 5.75 Å². The number of benzene rings is 2. The van der Waals surface area contributed by atoms with Gasteiger partial charge in [-0.25, -0.2) is 9.45 Å². The first kappa shape index (κ1) is 21.6. The maximum atomic E-state index is 13.9. The van der Waals surface area contributed by atoms with Crippen LogP contribution in [0, 0.1) is 5.82 Å². The fourth-order valence-corrected chi connectivity index (χ4v) is 4.28. The minimum Gasteiger partial charge on any atom is -0.484 e. The Labute approximate surface area is 185 Å². The normalized spacial score (nSPS) is 17.9. The topological polar surface area (TPSA) is 59.1 Å². The minimum atomic E-state index is -0.448. The number of carbonyl (C=O) groups excluding carboxylic acids is 2. The summed E-state index contributed by atoms with van der Waals surface area (Å²) in [7, 11) is 0. The lowest BCUT2D eigenvalue weighted by molar-refractivity contribution is -0.222. The third-order valence-corrected chi connectivity index (χ3v) is 6.24. The Balaban J connectivity index is 1.32. The molecule has 0 radical (unpaired) electrons. The van der Waals surface area contributed by atoms with Crippen LogP contribution in [0.3, 0.4) is 0 Å². The molecular formula is C23H24ClFN2O4. The summed E-state index contributed by atoms with van der Waals surface area (Å²) in [4.78, 5) is 32.5. The summed E-state index contributed by atoms with van der Waals surface area (Å²) in [6.45, 7) is 0.962. The monoisotopic (exact) mass is 446 g/mol. The lowest BCUT2D eigenvalue weighted by Crippen LogP contribution is -2.54. The van der Waals surface area contributed by atoms with Crippen LogP contribution in [0.25, 0.3) is 0 Å². The molecule has 2 aliphatic rings. The SMILES string of the molecule is O=C(COc1ccc(Cl)cc1)N1CCC2(CCC(=O)N2OCc2ccccc2F)CC1. The van der Waals surface area contributed by atoms with Gasteiger partial charge < -0.3 is 9.64 Å². The number of ether oxygens (including phenoxy) is 1. The zero-order valence-corrected chi connectivity index (χ0v) is 17.8. The zero-order chi connectivity index (χ0) is 21.8. The van der Waals surface area contributed by atoms with Crippen LogP contribution >= 0.6 is 11.6 Å². The molecule has 2 fully saturated rings. The minimum absolute atomic E-state index is 0.00224. The molecule has 0 atom stereocenters. The van der Waals surface area contributed by atoms with Crippen LogP contribution in [0.1, 0.15) is 31.2 Å². The van der Waals surface area contributed by atoms with Crippen molar-refractivity contribution in [2.45, 2.75) is 37.8 Å². The van der Waals surface area contributed by atoms with E-state index in [9.17, 15) is 14.0 Å². The number of hydroxylamine groups is 2. The van der Waals surface area contributed by atoms with Crippen molar-refractivity contribution in [3.05, 3.63) is 64.9 Å². The smallest absolute Gasteiger partial charge is 0.260 e. The lowest BCUT2D eigenvalue weighted by Gasteiger charge is -2.43. The van der Waals surface area contributed by atoms with E-state index >= 15 is 0 Å². The van der Waals surface area contributed by atoms with Gasteiger partial charge in [0, 0.05) is 30.1 Å². The van der Waals surface area contributed by atoms with E-state index < -0.39 is 5.54 Å². The van der Waals surface area contributed by atoms with E-state index in [-0.39, 0.29) is 30.8 Å². The molecule has 4 rings (SSSR count). The maximum Gasteiger partial charge on any atom is 0.260 e. The van der Waals surface area contributed by atoms with Gasteiger partial charge in [0.15, 0.2) is 6.61 Å². The third kappa shape index (κ3) is 4.83. The molecule has 8 heteroatoms. The van der Waals surface area contributed by atoms with Crippen molar-refractivity contribution in [2.24, 2.45) is 0 Å². The summed E-state index contributed by atoms with van der Waals surface area (Å²) in [5.74, 6) is 0.0276. The number of nitrogens with zero attached hydrogens (tertiary/aromatic N) is 2. The van der Waals surface area contributed by atoms with Gasteiger partial charge in [0.25, 0.3) is 5.91 Å². The summed E-state index contributed by atoms with van der Waals surface area (Å²) in [6, 6.07) is 13.2. The molecule has 0 bridgehead atoms. The fraction of sp³-hybridized carbons (Fsp3) is 0.391. The molecule has 0 aliphatic carbocycles. The standard InChI is InChI=1S/C23H24ClFN2O4/c24-18-5-7-19(8-6-18)30-16-22(29)26-13-11-23(12-14-26)10-9-21(28)27(23)31-15-17-3-1-2-4-20(17)25/h1-8H,9-16H2. The average Bonchev–Trinajstić information content (AvgIpc) is 3.08. The van der Waals surface area contributed by atoms with Crippen LogP contribution in [0.15, 0.2) is 48.5 Å². The van der Waals surface area contributed by atoms with Gasteiger partial charge in [-0.3, -0.25) is 14.4 Å². The molecule has 2 aliphatic heterocycles. The van der Waals surface area contributed by atoms with Gasteiger partial charge in [-0.15, -0.1) is 0 Å². The highest BCUT2D eigenvalue weighted by atomic mass is 35.5. The van der Waals surface area contributed by atoms with Crippen molar-refractivity contribution in [1.29, 1.82) is 0 Å². The van der Waals surface area contributed by atoms with E-state index in [1.54, 1.807) is 47.4 Å². The van der Waals surface area contributed by atoms with Crippen molar-refractivity contribution in [1.82, 2.24) is 9.96 Å². The second-order valence-electron chi connectivity index (χ2n) is 7.90. The lowest BCUT2D eigenvalue weighted by atomic mass is 9.86. The maximum absolute atomic E-state index is 13.9. The first-order valence-corrected chi connectivity index (χ1v) is 10.7. The molecule has 0 N–H and O–H groups in total. The highest BCUT2D eigenvalue weighted by Gasteiger charge is 2.48. The summed E-state index contributed by atoms with van der Waals surface area (Å²) in [5, 5.41) is 2.04. The van der Waals surface area contributed by atoms with Gasteiger partial charge in [-0.05, 0) is 49.6 Å². The summed E-state index contributed by atoms with van der Waals surface area (Å²) >= 11 is 5.85. The quantitative estimate of drug-likeness (QED) is 0.673. The molecule has 0 aromatic heterocycles. The first-order valence-electron chi connectivity index (χ1n) is 10.3. The Hall–Kier alpha value is -2.64. The second kappa shape index (κ2) is 9.24. The average molecular weight is 447 g/mol. The molecule has 2 heterocycles. The van der Waals surface area contributed by atoms with Gasteiger partial charge in [-0.2, -0.15) is 0 Å². The molecule has 2 amide bonds. The molecule has 2 aromatic rings. The van der Waals surface area contributed by atoms with Crippen LogP contribution in [-0.2, 0) is 21.0 Å². The fourth-order valence-electron chi connectivity index (χ4n) is 4.16. The van der Waals surface area contributed by atoms with E-state index in [1.165, 1.54) is 11.1 Å². The molecule has 0 saturated carbocycles. The van der Waals surface area contributed by atoms with E-state index in [1.807, 2.05) is 0 Å². The van der Waals surface area contributed by atoms with Gasteiger partial charge in [0.05, 0.1) is 5.54 Å². The van der Waals surface area contributed by atoms with Crippen LogP contribution in [-0.4, -0.2) is 47.0 Å². The first-order chi connectivity index (χ1) is 15.0. The Kier molecular flexibility index (Phi) is 6.43. The summed E-state index contributed by atoms with van der Waals surface area (Å²) in [6.07, 6.45) is 2.29. The van der Waals surface area contributed by atoms with Gasteiger partial charge in [-0.1, -0.05) is 29.8 Å². The Morgan fingerprint density at radius 3 is 2.48 bits per heavy atom. The molecule has 1 spiro atoms. The van der Waals surface area contributed by atoms with E-state index in [0.717, 1.165) is 0 Å². The number of hydrogen-bond acceptors (Lipinski definition) is 4. The van der Waals surface area contributed by atoms with E-state index in [2.05, 4.69) is 0 Å². The highest BCUT2D eigenvalue weighted by Crippen LogP contribution is 2.39. The van der Waals surface area contributed by atoms with Crippen molar-refractivity contribution in [3.8, 4) is 5.75 Å². The molecule has 164 valence electrons. The summed E-state index contributed by atoms with van der Waals surface area (Å²) in [5.41, 5.74) is -0.0415. The molecular weight excluding hydrogens is 423 g/mol. The van der Waals surface area contributed by atoms with Crippen LogP contribution in [0.2, 0.25) is 5.02 Å². The van der Waals surface area contributed by atoms with Gasteiger partial charge in [0.2, 0.25) is 5.91 Å². The van der Waals surface area contributed by atoms with Gasteiger partial charge >= 0.3 is 0 Å². The molecule has 31 heavy (non-hydrogen) atoms. The van der Waals surface area contributed by atoms with Crippen molar-refractivity contribution in [2.75, 3.05) is 19.7 Å². The number of hydrogen-bond donors (Lipinski definition) is 0. The van der Waals surface area contributed by atoms with Crippen LogP contribution in [0.4, 0.5) is 4.39 Å². The zero-order valence-electron chi connectivity index (χ0n) is 17.1. The third-order valence-electron chi connectivity index (χ3n) is 5.99. The van der Waals surface area contributed by atoms with Crippen molar-refractivity contribution < 1.29 is 23.6 Å². The largest absolute Gasteiger partial charge is 0.484 e. The molecule has 0 unspecified atom stereocenters. The summed E-state index contributed by atoms with van der Waals surface area (Å²) < 4.78 is 19.5.